The van der Waals surface area contributed by atoms with Crippen LogP contribution in [-0.2, 0) is 19.4 Å². The Kier molecular flexibility index (Phi) is 6.52. The highest BCUT2D eigenvalue weighted by Gasteiger charge is 2.56. The predicted octanol–water partition coefficient (Wildman–Crippen LogP) is 4.73. The molecule has 0 saturated carbocycles. The summed E-state index contributed by atoms with van der Waals surface area (Å²) in [7, 11) is -4.24. The first-order valence-electron chi connectivity index (χ1n) is 10.4. The Morgan fingerprint density at radius 3 is 2.47 bits per heavy atom. The zero-order valence-electron chi connectivity index (χ0n) is 17.7. The minimum atomic E-state index is -4.24. The van der Waals surface area contributed by atoms with E-state index in [4.69, 9.17) is 16.3 Å². The molecule has 2 aromatic carbocycles. The van der Waals surface area contributed by atoms with Gasteiger partial charge in [-0.1, -0.05) is 35.9 Å². The van der Waals surface area contributed by atoms with Crippen LogP contribution in [0.1, 0.15) is 40.7 Å². The number of ketones is 1. The van der Waals surface area contributed by atoms with Crippen LogP contribution in [0.25, 0.3) is 0 Å². The maximum absolute atomic E-state index is 14.0. The Morgan fingerprint density at radius 1 is 1.12 bits per heavy atom. The van der Waals surface area contributed by atoms with Gasteiger partial charge in [0.15, 0.2) is 20.9 Å². The Hall–Kier alpha value is -2.09. The number of rotatable bonds is 5. The van der Waals surface area contributed by atoms with Crippen LogP contribution in [0.15, 0.2) is 59.0 Å². The number of sulfone groups is 1. The molecule has 3 atom stereocenters. The van der Waals surface area contributed by atoms with Gasteiger partial charge < -0.3 is 4.74 Å². The molecule has 0 amide bonds. The van der Waals surface area contributed by atoms with Crippen LogP contribution in [-0.4, -0.2) is 43.0 Å². The Labute approximate surface area is 197 Å². The van der Waals surface area contributed by atoms with Crippen molar-refractivity contribution >= 4 is 45.0 Å². The number of benzene rings is 2. The van der Waals surface area contributed by atoms with Crippen LogP contribution in [0.3, 0.4) is 0 Å². The van der Waals surface area contributed by atoms with Crippen LogP contribution < -0.4 is 0 Å². The molecule has 0 spiro atoms. The van der Waals surface area contributed by atoms with Gasteiger partial charge in [-0.25, -0.2) is 8.42 Å². The zero-order chi connectivity index (χ0) is 23.0. The number of halogens is 1. The number of hydrogen-bond donors (Lipinski definition) is 0. The minimum Gasteiger partial charge on any atom is -0.465 e. The highest BCUT2D eigenvalue weighted by atomic mass is 35.5. The maximum Gasteiger partial charge on any atom is 0.325 e. The molecule has 5 nitrogen and oxygen atoms in total. The molecule has 0 radical (unpaired) electrons. The van der Waals surface area contributed by atoms with Gasteiger partial charge in [0.05, 0.1) is 6.61 Å². The SMILES string of the molecule is CCOC(=O)[C@H]1[C@H](c2ccccc2C)C2=C(CCS2)[C@H](C(=O)c2ccc(Cl)cc2)S1(=O)=O. The van der Waals surface area contributed by atoms with Crippen LogP contribution in [0.5, 0.6) is 0 Å². The average molecular weight is 491 g/mol. The first-order chi connectivity index (χ1) is 15.3. The molecule has 4 rings (SSSR count). The number of carbonyl (C=O) groups is 2. The Bertz CT molecular complexity index is 1200. The van der Waals surface area contributed by atoms with Crippen molar-refractivity contribution in [3.8, 4) is 0 Å². The second-order valence-corrected chi connectivity index (χ2v) is 11.6. The van der Waals surface area contributed by atoms with Gasteiger partial charge in [-0.15, -0.1) is 11.8 Å². The van der Waals surface area contributed by atoms with Crippen LogP contribution >= 0.6 is 23.4 Å². The summed E-state index contributed by atoms with van der Waals surface area (Å²) >= 11 is 7.48. The normalized spacial score (nSPS) is 24.2. The molecule has 0 saturated heterocycles. The smallest absolute Gasteiger partial charge is 0.325 e. The van der Waals surface area contributed by atoms with Crippen LogP contribution in [0.4, 0.5) is 0 Å². The van der Waals surface area contributed by atoms with Crippen molar-refractivity contribution in [2.24, 2.45) is 0 Å². The van der Waals surface area contributed by atoms with Crippen molar-refractivity contribution in [1.29, 1.82) is 0 Å². The quantitative estimate of drug-likeness (QED) is 0.445. The van der Waals surface area contributed by atoms with Crippen molar-refractivity contribution in [3.05, 3.63) is 80.7 Å². The van der Waals surface area contributed by atoms with E-state index in [-0.39, 0.29) is 12.2 Å². The summed E-state index contributed by atoms with van der Waals surface area (Å²) in [5, 5.41) is -2.43. The zero-order valence-corrected chi connectivity index (χ0v) is 20.1. The van der Waals surface area contributed by atoms with Gasteiger partial charge in [0.2, 0.25) is 0 Å². The highest BCUT2D eigenvalue weighted by molar-refractivity contribution is 8.03. The number of Topliss-reactive ketones (excluding diaryl/α,β-unsaturated/α-hetero) is 1. The third-order valence-corrected chi connectivity index (χ3v) is 9.75. The first kappa shape index (κ1) is 23.1. The molecule has 0 N–H and O–H groups in total. The number of aryl methyl sites for hydroxylation is 1. The summed E-state index contributed by atoms with van der Waals surface area (Å²) in [4.78, 5) is 27.4. The summed E-state index contributed by atoms with van der Waals surface area (Å²) in [5.74, 6) is -1.36. The molecular weight excluding hydrogens is 468 g/mol. The molecule has 0 aromatic heterocycles. The van der Waals surface area contributed by atoms with Gasteiger partial charge in [0, 0.05) is 22.3 Å². The number of allylic oxidation sites excluding steroid dienone is 1. The standard InChI is InChI=1S/C24H23ClO5S2/c1-3-30-24(27)23-19(17-7-5-4-6-14(17)2)21-18(12-13-31-21)22(32(23,28)29)20(26)15-8-10-16(25)11-9-15/h4-11,19,22-23H,3,12-13H2,1-2H3/t19-,22-,23-/m1/s1. The molecule has 2 aliphatic heterocycles. The fraction of sp³-hybridized carbons (Fsp3) is 0.333. The first-order valence-corrected chi connectivity index (χ1v) is 13.3. The fourth-order valence-electron chi connectivity index (χ4n) is 4.52. The monoisotopic (exact) mass is 490 g/mol. The predicted molar refractivity (Wildman–Crippen MR) is 127 cm³/mol. The molecule has 0 fully saturated rings. The van der Waals surface area contributed by atoms with E-state index >= 15 is 0 Å². The molecule has 168 valence electrons. The highest BCUT2D eigenvalue weighted by Crippen LogP contribution is 2.52. The van der Waals surface area contributed by atoms with Gasteiger partial charge in [0.25, 0.3) is 0 Å². The molecule has 32 heavy (non-hydrogen) atoms. The average Bonchev–Trinajstić information content (AvgIpc) is 3.22. The molecule has 8 heteroatoms. The lowest BCUT2D eigenvalue weighted by molar-refractivity contribution is -0.142. The molecule has 2 aromatic rings. The number of thioether (sulfide) groups is 1. The summed E-state index contributed by atoms with van der Waals surface area (Å²) < 4.78 is 33.1. The van der Waals surface area contributed by atoms with Gasteiger partial charge >= 0.3 is 5.97 Å². The molecule has 0 bridgehead atoms. The van der Waals surface area contributed by atoms with E-state index in [1.807, 2.05) is 31.2 Å². The minimum absolute atomic E-state index is 0.0557. The van der Waals surface area contributed by atoms with Crippen molar-refractivity contribution in [3.63, 3.8) is 0 Å². The van der Waals surface area contributed by atoms with Crippen LogP contribution in [0.2, 0.25) is 5.02 Å². The lowest BCUT2D eigenvalue weighted by atomic mass is 9.87. The Balaban J connectivity index is 1.94. The molecule has 0 unspecified atom stereocenters. The van der Waals surface area contributed by atoms with Crippen LogP contribution in [0, 0.1) is 6.92 Å². The van der Waals surface area contributed by atoms with E-state index in [0.717, 1.165) is 16.0 Å². The second-order valence-electron chi connectivity index (χ2n) is 7.84. The molecule has 2 heterocycles. The third kappa shape index (κ3) is 3.91. The van der Waals surface area contributed by atoms with E-state index in [2.05, 4.69) is 0 Å². The van der Waals surface area contributed by atoms with Crippen molar-refractivity contribution < 1.29 is 22.7 Å². The van der Waals surface area contributed by atoms with Gasteiger partial charge in [0.1, 0.15) is 5.25 Å². The van der Waals surface area contributed by atoms with E-state index in [9.17, 15) is 18.0 Å². The van der Waals surface area contributed by atoms with Crippen molar-refractivity contribution in [2.75, 3.05) is 12.4 Å². The van der Waals surface area contributed by atoms with Crippen molar-refractivity contribution in [2.45, 2.75) is 36.7 Å². The lowest BCUT2D eigenvalue weighted by Crippen LogP contribution is -2.50. The molecule has 0 aliphatic carbocycles. The number of hydrogen-bond acceptors (Lipinski definition) is 6. The van der Waals surface area contributed by atoms with E-state index < -0.39 is 38.0 Å². The summed E-state index contributed by atoms with van der Waals surface area (Å²) in [6.07, 6.45) is 0.487. The maximum atomic E-state index is 14.0. The second kappa shape index (κ2) is 9.04. The molecule has 2 aliphatic rings. The van der Waals surface area contributed by atoms with Crippen molar-refractivity contribution in [1.82, 2.24) is 0 Å². The van der Waals surface area contributed by atoms with Gasteiger partial charge in [-0.2, -0.15) is 0 Å². The lowest BCUT2D eigenvalue weighted by Gasteiger charge is -2.36. The number of ether oxygens (including phenoxy) is 1. The van der Waals surface area contributed by atoms with E-state index in [1.54, 1.807) is 19.1 Å². The topological polar surface area (TPSA) is 77.5 Å². The van der Waals surface area contributed by atoms with E-state index in [1.165, 1.54) is 23.9 Å². The summed E-state index contributed by atoms with van der Waals surface area (Å²) in [6, 6.07) is 13.6. The van der Waals surface area contributed by atoms with Gasteiger partial charge in [-0.3, -0.25) is 9.59 Å². The summed E-state index contributed by atoms with van der Waals surface area (Å²) in [5.41, 5.74) is 2.52. The fourth-order valence-corrected chi connectivity index (χ4v) is 8.56. The Morgan fingerprint density at radius 2 is 1.81 bits per heavy atom. The number of esters is 1. The number of carbonyl (C=O) groups excluding carboxylic acids is 2. The molecular formula is C24H23ClO5S2. The summed E-state index contributed by atoms with van der Waals surface area (Å²) in [6.45, 7) is 3.59. The van der Waals surface area contributed by atoms with E-state index in [0.29, 0.717) is 22.8 Å². The largest absolute Gasteiger partial charge is 0.465 e. The third-order valence-electron chi connectivity index (χ3n) is 5.94. The van der Waals surface area contributed by atoms with Gasteiger partial charge in [-0.05, 0) is 66.1 Å².